The van der Waals surface area contributed by atoms with Crippen molar-refractivity contribution in [3.05, 3.63) is 42.5 Å². The Hall–Kier alpha value is -2.02. The van der Waals surface area contributed by atoms with Crippen molar-refractivity contribution < 1.29 is 27.4 Å². The molecule has 0 spiro atoms. The van der Waals surface area contributed by atoms with Gasteiger partial charge in [0.25, 0.3) is 0 Å². The van der Waals surface area contributed by atoms with Crippen LogP contribution in [0, 0.1) is 0 Å². The maximum atomic E-state index is 13.5. The van der Waals surface area contributed by atoms with E-state index < -0.39 is 23.6 Å². The van der Waals surface area contributed by atoms with Crippen LogP contribution in [0.1, 0.15) is 18.4 Å². The second kappa shape index (κ2) is 6.83. The molecule has 2 atom stereocenters. The number of esters is 1. The first-order valence-corrected chi connectivity index (χ1v) is 6.51. The van der Waals surface area contributed by atoms with Gasteiger partial charge in [0.2, 0.25) is 5.54 Å². The predicted molar refractivity (Wildman–Crippen MR) is 75.5 cm³/mol. The number of carbonyl (C=O) groups excluding carboxylic acids is 1. The molecule has 122 valence electrons. The summed E-state index contributed by atoms with van der Waals surface area (Å²) in [5, 5.41) is 0. The lowest BCUT2D eigenvalue weighted by Gasteiger charge is -2.35. The van der Waals surface area contributed by atoms with Gasteiger partial charge in [0.15, 0.2) is 0 Å². The van der Waals surface area contributed by atoms with Crippen molar-refractivity contribution in [1.82, 2.24) is 0 Å². The smallest absolute Gasteiger partial charge is 0.418 e. The SMILES string of the molecule is C=C[C@@H](c1cccc(OC)c1)[C@@](N)(C(=O)OCC)C(F)(F)F. The maximum Gasteiger partial charge on any atom is 0.418 e. The summed E-state index contributed by atoms with van der Waals surface area (Å²) in [7, 11) is 1.38. The van der Waals surface area contributed by atoms with Crippen LogP contribution < -0.4 is 10.5 Å². The van der Waals surface area contributed by atoms with Crippen LogP contribution in [0.3, 0.4) is 0 Å². The molecule has 0 saturated heterocycles. The van der Waals surface area contributed by atoms with Crippen LogP contribution in [0.2, 0.25) is 0 Å². The van der Waals surface area contributed by atoms with Gasteiger partial charge in [0.05, 0.1) is 13.7 Å². The van der Waals surface area contributed by atoms with Gasteiger partial charge in [0, 0.05) is 5.92 Å². The van der Waals surface area contributed by atoms with E-state index in [2.05, 4.69) is 11.3 Å². The van der Waals surface area contributed by atoms with Crippen LogP contribution in [-0.4, -0.2) is 31.4 Å². The lowest BCUT2D eigenvalue weighted by Crippen LogP contribution is -2.63. The Balaban J connectivity index is 3.42. The molecule has 0 radical (unpaired) electrons. The molecular weight excluding hydrogens is 299 g/mol. The predicted octanol–water partition coefficient (Wildman–Crippen LogP) is 2.79. The van der Waals surface area contributed by atoms with E-state index in [-0.39, 0.29) is 12.2 Å². The van der Waals surface area contributed by atoms with Gasteiger partial charge >= 0.3 is 12.1 Å². The number of hydrogen-bond donors (Lipinski definition) is 1. The number of rotatable bonds is 6. The summed E-state index contributed by atoms with van der Waals surface area (Å²) in [5.41, 5.74) is 2.40. The first-order chi connectivity index (χ1) is 10.2. The summed E-state index contributed by atoms with van der Waals surface area (Å²) in [5.74, 6) is -2.71. The summed E-state index contributed by atoms with van der Waals surface area (Å²) in [6.45, 7) is 4.58. The Labute approximate surface area is 126 Å². The molecule has 0 aliphatic rings. The van der Waals surface area contributed by atoms with Crippen molar-refractivity contribution in [1.29, 1.82) is 0 Å². The van der Waals surface area contributed by atoms with Gasteiger partial charge in [-0.3, -0.25) is 0 Å². The van der Waals surface area contributed by atoms with E-state index in [4.69, 9.17) is 10.5 Å². The van der Waals surface area contributed by atoms with Crippen LogP contribution in [-0.2, 0) is 9.53 Å². The third kappa shape index (κ3) is 3.24. The molecule has 0 bridgehead atoms. The summed E-state index contributed by atoms with van der Waals surface area (Å²) in [6, 6.07) is 5.87. The van der Waals surface area contributed by atoms with E-state index in [0.29, 0.717) is 5.75 Å². The van der Waals surface area contributed by atoms with Crippen LogP contribution in [0.4, 0.5) is 13.2 Å². The van der Waals surface area contributed by atoms with E-state index in [1.54, 1.807) is 6.07 Å². The van der Waals surface area contributed by atoms with Crippen LogP contribution in [0.25, 0.3) is 0 Å². The summed E-state index contributed by atoms with van der Waals surface area (Å²) >= 11 is 0. The van der Waals surface area contributed by atoms with E-state index in [1.165, 1.54) is 32.2 Å². The van der Waals surface area contributed by atoms with Gasteiger partial charge in [-0.1, -0.05) is 18.2 Å². The minimum Gasteiger partial charge on any atom is -0.497 e. The van der Waals surface area contributed by atoms with Crippen molar-refractivity contribution in [2.75, 3.05) is 13.7 Å². The molecule has 0 heterocycles. The summed E-state index contributed by atoms with van der Waals surface area (Å²) < 4.78 is 49.9. The normalized spacial score (nSPS) is 15.5. The number of halogens is 3. The standard InChI is InChI=1S/C15H18F3NO3/c1-4-12(10-7-6-8-11(9-10)21-3)14(19,15(16,17)18)13(20)22-5-2/h4,6-9,12H,1,5,19H2,2-3H3/t12-,14+/m0/s1. The molecule has 0 fully saturated rings. The topological polar surface area (TPSA) is 61.5 Å². The molecule has 0 unspecified atom stereocenters. The summed E-state index contributed by atoms with van der Waals surface area (Å²) in [6.07, 6.45) is -4.03. The van der Waals surface area contributed by atoms with Crippen molar-refractivity contribution in [3.63, 3.8) is 0 Å². The minimum absolute atomic E-state index is 0.155. The number of hydrogen-bond acceptors (Lipinski definition) is 4. The molecule has 0 aliphatic heterocycles. The number of ether oxygens (including phenoxy) is 2. The molecular formula is C15H18F3NO3. The zero-order valence-electron chi connectivity index (χ0n) is 12.3. The van der Waals surface area contributed by atoms with Gasteiger partial charge in [-0.2, -0.15) is 13.2 Å². The molecule has 4 nitrogen and oxygen atoms in total. The molecule has 0 amide bonds. The Bertz CT molecular complexity index is 545. The molecule has 0 aliphatic carbocycles. The lowest BCUT2D eigenvalue weighted by atomic mass is 9.79. The lowest BCUT2D eigenvalue weighted by molar-refractivity contribution is -0.208. The monoisotopic (exact) mass is 317 g/mol. The molecule has 1 rings (SSSR count). The van der Waals surface area contributed by atoms with Crippen LogP contribution in [0.15, 0.2) is 36.9 Å². The summed E-state index contributed by atoms with van der Waals surface area (Å²) in [4.78, 5) is 11.9. The maximum absolute atomic E-state index is 13.5. The number of benzene rings is 1. The van der Waals surface area contributed by atoms with Crippen molar-refractivity contribution in [2.24, 2.45) is 5.73 Å². The molecule has 7 heteroatoms. The fraction of sp³-hybridized carbons (Fsp3) is 0.400. The van der Waals surface area contributed by atoms with Crippen molar-refractivity contribution >= 4 is 5.97 Å². The van der Waals surface area contributed by atoms with Gasteiger partial charge in [-0.25, -0.2) is 4.79 Å². The first kappa shape index (κ1) is 18.0. The number of alkyl halides is 3. The Morgan fingerprint density at radius 2 is 2.09 bits per heavy atom. The van der Waals surface area contributed by atoms with Gasteiger partial charge in [-0.15, -0.1) is 6.58 Å². The Morgan fingerprint density at radius 3 is 2.55 bits per heavy atom. The zero-order chi connectivity index (χ0) is 17.0. The second-order valence-electron chi connectivity index (χ2n) is 4.58. The van der Waals surface area contributed by atoms with Crippen LogP contribution >= 0.6 is 0 Å². The fourth-order valence-electron chi connectivity index (χ4n) is 2.09. The van der Waals surface area contributed by atoms with Gasteiger partial charge in [-0.05, 0) is 24.6 Å². The quantitative estimate of drug-likeness (QED) is 0.647. The van der Waals surface area contributed by atoms with Gasteiger partial charge in [0.1, 0.15) is 5.75 Å². The largest absolute Gasteiger partial charge is 0.497 e. The molecule has 0 aromatic heterocycles. The highest BCUT2D eigenvalue weighted by Gasteiger charge is 2.63. The zero-order valence-corrected chi connectivity index (χ0v) is 12.3. The Morgan fingerprint density at radius 1 is 1.45 bits per heavy atom. The van der Waals surface area contributed by atoms with E-state index in [9.17, 15) is 18.0 Å². The highest BCUT2D eigenvalue weighted by molar-refractivity contribution is 5.84. The van der Waals surface area contributed by atoms with E-state index in [1.807, 2.05) is 0 Å². The number of carbonyl (C=O) groups is 1. The molecule has 0 saturated carbocycles. The van der Waals surface area contributed by atoms with E-state index in [0.717, 1.165) is 6.08 Å². The number of nitrogens with two attached hydrogens (primary N) is 1. The molecule has 2 N–H and O–H groups in total. The van der Waals surface area contributed by atoms with Gasteiger partial charge < -0.3 is 15.2 Å². The van der Waals surface area contributed by atoms with E-state index >= 15 is 0 Å². The highest BCUT2D eigenvalue weighted by Crippen LogP contribution is 2.41. The fourth-order valence-corrected chi connectivity index (χ4v) is 2.09. The Kier molecular flexibility index (Phi) is 5.59. The van der Waals surface area contributed by atoms with Crippen molar-refractivity contribution in [2.45, 2.75) is 24.6 Å². The van der Waals surface area contributed by atoms with Crippen molar-refractivity contribution in [3.8, 4) is 5.75 Å². The first-order valence-electron chi connectivity index (χ1n) is 6.51. The average molecular weight is 317 g/mol. The molecule has 1 aromatic rings. The van der Waals surface area contributed by atoms with Crippen LogP contribution in [0.5, 0.6) is 5.75 Å². The minimum atomic E-state index is -5.01. The average Bonchev–Trinajstić information content (AvgIpc) is 2.47. The molecule has 22 heavy (non-hydrogen) atoms. The molecule has 1 aromatic carbocycles. The number of methoxy groups -OCH3 is 1. The third-order valence-corrected chi connectivity index (χ3v) is 3.26. The third-order valence-electron chi connectivity index (χ3n) is 3.26. The highest BCUT2D eigenvalue weighted by atomic mass is 19.4. The second-order valence-corrected chi connectivity index (χ2v) is 4.58.